The molecule has 7 nitrogen and oxygen atoms in total. The molecule has 0 unspecified atom stereocenters. The lowest BCUT2D eigenvalue weighted by Gasteiger charge is -2.37. The van der Waals surface area contributed by atoms with Gasteiger partial charge in [-0.3, -0.25) is 9.59 Å². The number of amides is 2. The molecule has 1 fully saturated rings. The molecule has 1 saturated heterocycles. The number of aromatic nitrogens is 2. The van der Waals surface area contributed by atoms with Gasteiger partial charge < -0.3 is 15.0 Å². The van der Waals surface area contributed by atoms with E-state index in [2.05, 4.69) is 15.3 Å². The number of carbonyl (C=O) groups excluding carboxylic acids is 2. The van der Waals surface area contributed by atoms with Crippen LogP contribution >= 0.6 is 11.3 Å². The van der Waals surface area contributed by atoms with E-state index in [0.29, 0.717) is 36.9 Å². The van der Waals surface area contributed by atoms with Crippen LogP contribution in [0.4, 0.5) is 5.82 Å². The number of nitrogens with one attached hydrogen (secondary N) is 1. The molecule has 146 valence electrons. The fourth-order valence-electron chi connectivity index (χ4n) is 3.38. The molecule has 1 aromatic carbocycles. The predicted molar refractivity (Wildman–Crippen MR) is 111 cm³/mol. The Kier molecular flexibility index (Phi) is 4.48. The van der Waals surface area contributed by atoms with E-state index in [-0.39, 0.29) is 17.9 Å². The molecule has 5 rings (SSSR count). The number of para-hydroxylation sites is 1. The number of thiazole rings is 1. The minimum absolute atomic E-state index is 0.0103. The normalized spacial score (nSPS) is 16.6. The highest BCUT2D eigenvalue weighted by Gasteiger charge is 2.31. The lowest BCUT2D eigenvalue weighted by molar-refractivity contribution is -0.134. The van der Waals surface area contributed by atoms with Gasteiger partial charge in [0, 0.05) is 18.7 Å². The maximum atomic E-state index is 12.4. The van der Waals surface area contributed by atoms with Gasteiger partial charge in [0.05, 0.1) is 23.3 Å². The topological polar surface area (TPSA) is 84.4 Å². The van der Waals surface area contributed by atoms with Crippen molar-refractivity contribution in [3.8, 4) is 5.19 Å². The summed E-state index contributed by atoms with van der Waals surface area (Å²) in [5.74, 6) is 0.548. The van der Waals surface area contributed by atoms with Gasteiger partial charge in [-0.1, -0.05) is 23.5 Å². The third-order valence-corrected chi connectivity index (χ3v) is 5.91. The monoisotopic (exact) mass is 406 g/mol. The molecule has 2 aliphatic heterocycles. The number of carbonyl (C=O) groups is 2. The largest absolute Gasteiger partial charge is 0.463 e. The highest BCUT2D eigenvalue weighted by atomic mass is 32.1. The Morgan fingerprint density at radius 3 is 3.00 bits per heavy atom. The molecule has 29 heavy (non-hydrogen) atoms. The molecule has 0 saturated carbocycles. The van der Waals surface area contributed by atoms with E-state index >= 15 is 0 Å². The van der Waals surface area contributed by atoms with E-state index < -0.39 is 0 Å². The summed E-state index contributed by atoms with van der Waals surface area (Å²) in [7, 11) is 0. The third-order valence-electron chi connectivity index (χ3n) is 4.99. The molecule has 8 heteroatoms. The third kappa shape index (κ3) is 3.71. The zero-order chi connectivity index (χ0) is 19.8. The van der Waals surface area contributed by atoms with Gasteiger partial charge >= 0.3 is 0 Å². The van der Waals surface area contributed by atoms with Crippen LogP contribution in [0.25, 0.3) is 16.3 Å². The molecule has 2 aliphatic rings. The highest BCUT2D eigenvalue weighted by molar-refractivity contribution is 7.20. The average molecular weight is 406 g/mol. The predicted octanol–water partition coefficient (Wildman–Crippen LogP) is 2.88. The maximum Gasteiger partial charge on any atom is 0.274 e. The van der Waals surface area contributed by atoms with Crippen LogP contribution in [0.5, 0.6) is 5.19 Å². The van der Waals surface area contributed by atoms with Crippen LogP contribution in [0.1, 0.15) is 17.5 Å². The first kappa shape index (κ1) is 17.8. The first-order valence-corrected chi connectivity index (χ1v) is 10.2. The fraction of sp³-hybridized carbons (Fsp3) is 0.238. The molecule has 3 aromatic rings. The molecular weight excluding hydrogens is 388 g/mol. The summed E-state index contributed by atoms with van der Waals surface area (Å²) in [5.41, 5.74) is 2.77. The van der Waals surface area contributed by atoms with Gasteiger partial charge in [-0.25, -0.2) is 9.97 Å². The Hall–Kier alpha value is -3.26. The lowest BCUT2D eigenvalue weighted by atomic mass is 10.0. The maximum absolute atomic E-state index is 12.4. The number of fused-ring (bicyclic) bond motifs is 2. The van der Waals surface area contributed by atoms with Crippen molar-refractivity contribution in [1.82, 2.24) is 14.9 Å². The molecule has 0 bridgehead atoms. The lowest BCUT2D eigenvalue weighted by Crippen LogP contribution is -2.55. The Morgan fingerprint density at radius 2 is 2.14 bits per heavy atom. The second kappa shape index (κ2) is 7.29. The molecular formula is C21H18N4O3S. The van der Waals surface area contributed by atoms with Crippen molar-refractivity contribution in [2.45, 2.75) is 18.9 Å². The molecule has 1 N–H and O–H groups in total. The van der Waals surface area contributed by atoms with Crippen molar-refractivity contribution >= 4 is 45.3 Å². The summed E-state index contributed by atoms with van der Waals surface area (Å²) in [4.78, 5) is 34.2. The summed E-state index contributed by atoms with van der Waals surface area (Å²) >= 11 is 1.52. The van der Waals surface area contributed by atoms with Crippen molar-refractivity contribution in [2.24, 2.45) is 0 Å². The number of rotatable bonds is 4. The van der Waals surface area contributed by atoms with Crippen LogP contribution in [0, 0.1) is 0 Å². The molecule has 2 amide bonds. The number of hydrogen-bond donors (Lipinski definition) is 1. The Bertz CT molecular complexity index is 1100. The quantitative estimate of drug-likeness (QED) is 0.674. The van der Waals surface area contributed by atoms with E-state index in [9.17, 15) is 9.59 Å². The molecule has 0 atom stereocenters. The Labute approximate surface area is 171 Å². The first-order chi connectivity index (χ1) is 14.1. The Balaban J connectivity index is 1.16. The van der Waals surface area contributed by atoms with Crippen molar-refractivity contribution in [3.05, 3.63) is 53.7 Å². The van der Waals surface area contributed by atoms with Crippen LogP contribution in [0.2, 0.25) is 0 Å². The van der Waals surface area contributed by atoms with Gasteiger partial charge in [0.2, 0.25) is 11.8 Å². The molecule has 0 spiro atoms. The van der Waals surface area contributed by atoms with Gasteiger partial charge in [0.25, 0.3) is 5.19 Å². The summed E-state index contributed by atoms with van der Waals surface area (Å²) in [5, 5.41) is 3.40. The minimum Gasteiger partial charge on any atom is -0.463 e. The summed E-state index contributed by atoms with van der Waals surface area (Å²) in [6.45, 7) is 1.10. The summed E-state index contributed by atoms with van der Waals surface area (Å²) < 4.78 is 6.99. The van der Waals surface area contributed by atoms with Gasteiger partial charge in [0.1, 0.15) is 11.9 Å². The zero-order valence-electron chi connectivity index (χ0n) is 15.5. The van der Waals surface area contributed by atoms with E-state index in [0.717, 1.165) is 21.3 Å². The number of likely N-dealkylation sites (tertiary alicyclic amines) is 1. The Morgan fingerprint density at radius 1 is 1.28 bits per heavy atom. The minimum atomic E-state index is -0.0554. The van der Waals surface area contributed by atoms with Gasteiger partial charge in [0.15, 0.2) is 0 Å². The molecule has 0 aliphatic carbocycles. The number of pyridine rings is 1. The van der Waals surface area contributed by atoms with Crippen LogP contribution in [0.15, 0.2) is 42.6 Å². The van der Waals surface area contributed by atoms with Gasteiger partial charge in [-0.2, -0.15) is 0 Å². The number of anilines is 1. The zero-order valence-corrected chi connectivity index (χ0v) is 16.3. The number of benzene rings is 1. The first-order valence-electron chi connectivity index (χ1n) is 9.42. The number of nitrogens with zero attached hydrogens (tertiary/aromatic N) is 3. The number of aryl methyl sites for hydroxylation is 1. The summed E-state index contributed by atoms with van der Waals surface area (Å²) in [6.07, 6.45) is 6.07. The van der Waals surface area contributed by atoms with Crippen LogP contribution in [0.3, 0.4) is 0 Å². The van der Waals surface area contributed by atoms with E-state index in [1.807, 2.05) is 30.3 Å². The second-order valence-corrected chi connectivity index (χ2v) is 8.08. The molecule has 2 aromatic heterocycles. The number of ether oxygens (including phenoxy) is 1. The standard InChI is InChI=1S/C21H18N4O3S/c26-18-7-6-14-9-13(10-22-20(14)24-18)5-8-19(27)25-11-15(12-25)28-21-23-16-3-1-2-4-17(16)29-21/h1-5,8-10,15H,6-7,11-12H2,(H,22,24,26)/b8-5+. The fourth-order valence-corrected chi connectivity index (χ4v) is 4.26. The summed E-state index contributed by atoms with van der Waals surface area (Å²) in [6, 6.07) is 9.87. The van der Waals surface area contributed by atoms with E-state index in [1.54, 1.807) is 23.2 Å². The van der Waals surface area contributed by atoms with Crippen LogP contribution < -0.4 is 10.1 Å². The highest BCUT2D eigenvalue weighted by Crippen LogP contribution is 2.29. The van der Waals surface area contributed by atoms with E-state index in [1.165, 1.54) is 11.3 Å². The van der Waals surface area contributed by atoms with Crippen molar-refractivity contribution < 1.29 is 14.3 Å². The van der Waals surface area contributed by atoms with E-state index in [4.69, 9.17) is 4.74 Å². The van der Waals surface area contributed by atoms with Gasteiger partial charge in [-0.05, 0) is 41.8 Å². The van der Waals surface area contributed by atoms with Crippen LogP contribution in [-0.4, -0.2) is 45.9 Å². The van der Waals surface area contributed by atoms with Crippen molar-refractivity contribution in [1.29, 1.82) is 0 Å². The second-order valence-electron chi connectivity index (χ2n) is 7.09. The van der Waals surface area contributed by atoms with Crippen molar-refractivity contribution in [3.63, 3.8) is 0 Å². The van der Waals surface area contributed by atoms with Crippen molar-refractivity contribution in [2.75, 3.05) is 18.4 Å². The smallest absolute Gasteiger partial charge is 0.274 e. The van der Waals surface area contributed by atoms with Crippen LogP contribution in [-0.2, 0) is 16.0 Å². The average Bonchev–Trinajstić information content (AvgIpc) is 3.11. The van der Waals surface area contributed by atoms with Gasteiger partial charge in [-0.15, -0.1) is 0 Å². The molecule has 4 heterocycles. The molecule has 0 radical (unpaired) electrons. The SMILES string of the molecule is O=C1CCc2cc(/C=C/C(=O)N3CC(Oc4nc5ccccc5s4)C3)cnc2N1. The number of hydrogen-bond acceptors (Lipinski definition) is 6.